The monoisotopic (exact) mass is 169 g/mol. The van der Waals surface area contributed by atoms with Crippen LogP contribution in [0.1, 0.15) is 6.92 Å². The van der Waals surface area contributed by atoms with Crippen LogP contribution in [0.2, 0.25) is 0 Å². The number of aliphatic hydroxyl groups excluding tert-OH is 1. The number of nitrogens with one attached hydrogen (secondary N) is 2. The van der Waals surface area contributed by atoms with Gasteiger partial charge in [-0.05, 0) is 6.92 Å². The van der Waals surface area contributed by atoms with E-state index in [1.54, 1.807) is 6.92 Å². The number of anilines is 1. The number of aliphatic hydroxyl groups is 1. The summed E-state index contributed by atoms with van der Waals surface area (Å²) in [5.74, 6) is 0.235. The number of rotatable bonds is 3. The number of H-pyrrole nitrogens is 1. The molecule has 0 bridgehead atoms. The molecule has 1 aromatic rings. The summed E-state index contributed by atoms with van der Waals surface area (Å²) in [6.45, 7) is 1.95. The Labute approximate surface area is 69.5 Å². The number of nitrogens with zero attached hydrogens (tertiary/aromatic N) is 1. The third-order valence-corrected chi connectivity index (χ3v) is 1.27. The van der Waals surface area contributed by atoms with Crippen LogP contribution in [0.4, 0.5) is 5.82 Å². The molecular weight excluding hydrogens is 158 g/mol. The zero-order valence-corrected chi connectivity index (χ0v) is 6.74. The van der Waals surface area contributed by atoms with E-state index in [1.807, 2.05) is 0 Å². The standard InChI is InChI=1S/C7H11N3O2/c1-5(11)4-10-6-7(12)9-3-2-8-6/h2-3,5,11H,4H2,1H3,(H,8,10)(H,9,12)/t5-/m0/s1. The molecule has 1 rings (SSSR count). The summed E-state index contributed by atoms with van der Waals surface area (Å²) in [4.78, 5) is 17.2. The average molecular weight is 169 g/mol. The molecule has 0 aliphatic heterocycles. The van der Waals surface area contributed by atoms with Gasteiger partial charge in [0, 0.05) is 18.9 Å². The average Bonchev–Trinajstić information content (AvgIpc) is 2.03. The first-order chi connectivity index (χ1) is 5.70. The van der Waals surface area contributed by atoms with Crippen LogP contribution in [0.3, 0.4) is 0 Å². The van der Waals surface area contributed by atoms with Crippen molar-refractivity contribution in [2.45, 2.75) is 13.0 Å². The molecule has 0 saturated carbocycles. The Kier molecular flexibility index (Phi) is 2.82. The van der Waals surface area contributed by atoms with Crippen molar-refractivity contribution in [3.05, 3.63) is 22.7 Å². The maximum Gasteiger partial charge on any atom is 0.290 e. The van der Waals surface area contributed by atoms with Gasteiger partial charge in [-0.1, -0.05) is 0 Å². The Morgan fingerprint density at radius 3 is 3.17 bits per heavy atom. The summed E-state index contributed by atoms with van der Waals surface area (Å²) in [7, 11) is 0. The number of hydrogen-bond acceptors (Lipinski definition) is 4. The number of aromatic nitrogens is 2. The molecule has 66 valence electrons. The van der Waals surface area contributed by atoms with Gasteiger partial charge in [0.05, 0.1) is 6.10 Å². The maximum absolute atomic E-state index is 11.0. The first-order valence-corrected chi connectivity index (χ1v) is 3.66. The topological polar surface area (TPSA) is 78.0 Å². The third-order valence-electron chi connectivity index (χ3n) is 1.27. The lowest BCUT2D eigenvalue weighted by Crippen LogP contribution is -2.21. The Morgan fingerprint density at radius 2 is 2.58 bits per heavy atom. The highest BCUT2D eigenvalue weighted by Gasteiger charge is 1.99. The van der Waals surface area contributed by atoms with Gasteiger partial charge in [-0.25, -0.2) is 4.98 Å². The highest BCUT2D eigenvalue weighted by molar-refractivity contribution is 5.29. The van der Waals surface area contributed by atoms with Gasteiger partial charge in [-0.15, -0.1) is 0 Å². The molecule has 0 aliphatic rings. The fourth-order valence-electron chi connectivity index (χ4n) is 0.722. The summed E-state index contributed by atoms with van der Waals surface area (Å²) < 4.78 is 0. The first-order valence-electron chi connectivity index (χ1n) is 3.66. The molecule has 1 heterocycles. The van der Waals surface area contributed by atoms with Crippen molar-refractivity contribution in [3.8, 4) is 0 Å². The third kappa shape index (κ3) is 2.35. The zero-order valence-electron chi connectivity index (χ0n) is 6.74. The fourth-order valence-corrected chi connectivity index (χ4v) is 0.722. The minimum absolute atomic E-state index is 0.235. The van der Waals surface area contributed by atoms with Crippen LogP contribution in [-0.2, 0) is 0 Å². The van der Waals surface area contributed by atoms with Gasteiger partial charge < -0.3 is 15.4 Å². The molecule has 3 N–H and O–H groups in total. The summed E-state index contributed by atoms with van der Waals surface area (Å²) in [6, 6.07) is 0. The van der Waals surface area contributed by atoms with Crippen LogP contribution in [0.25, 0.3) is 0 Å². The van der Waals surface area contributed by atoms with Crippen LogP contribution >= 0.6 is 0 Å². The largest absolute Gasteiger partial charge is 0.392 e. The van der Waals surface area contributed by atoms with E-state index < -0.39 is 6.10 Å². The van der Waals surface area contributed by atoms with E-state index in [1.165, 1.54) is 12.4 Å². The lowest BCUT2D eigenvalue weighted by Gasteiger charge is -2.05. The van der Waals surface area contributed by atoms with Gasteiger partial charge in [0.15, 0.2) is 5.82 Å². The van der Waals surface area contributed by atoms with Crippen LogP contribution in [0, 0.1) is 0 Å². The van der Waals surface area contributed by atoms with Crippen molar-refractivity contribution in [3.63, 3.8) is 0 Å². The maximum atomic E-state index is 11.0. The molecule has 0 aliphatic carbocycles. The molecule has 0 unspecified atom stereocenters. The van der Waals surface area contributed by atoms with E-state index >= 15 is 0 Å². The van der Waals surface area contributed by atoms with Gasteiger partial charge in [0.1, 0.15) is 0 Å². The highest BCUT2D eigenvalue weighted by atomic mass is 16.3. The molecular formula is C7H11N3O2. The van der Waals surface area contributed by atoms with Gasteiger partial charge in [0.25, 0.3) is 5.56 Å². The molecule has 0 fully saturated rings. The lowest BCUT2D eigenvalue weighted by atomic mass is 10.4. The van der Waals surface area contributed by atoms with Gasteiger partial charge in [-0.2, -0.15) is 0 Å². The lowest BCUT2D eigenvalue weighted by molar-refractivity contribution is 0.208. The molecule has 12 heavy (non-hydrogen) atoms. The summed E-state index contributed by atoms with van der Waals surface area (Å²) >= 11 is 0. The molecule has 0 amide bonds. The Hall–Kier alpha value is -1.36. The second-order valence-electron chi connectivity index (χ2n) is 2.50. The van der Waals surface area contributed by atoms with Crippen molar-refractivity contribution in [2.75, 3.05) is 11.9 Å². The Morgan fingerprint density at radius 1 is 1.83 bits per heavy atom. The predicted octanol–water partition coefficient (Wildman–Crippen LogP) is -0.437. The minimum atomic E-state index is -0.494. The molecule has 5 nitrogen and oxygen atoms in total. The van der Waals surface area contributed by atoms with E-state index in [0.717, 1.165) is 0 Å². The van der Waals surface area contributed by atoms with Crippen LogP contribution in [-0.4, -0.2) is 27.7 Å². The Balaban J connectivity index is 2.64. The molecule has 1 aromatic heterocycles. The second-order valence-corrected chi connectivity index (χ2v) is 2.50. The van der Waals surface area contributed by atoms with Crippen molar-refractivity contribution < 1.29 is 5.11 Å². The number of hydrogen-bond donors (Lipinski definition) is 3. The second kappa shape index (κ2) is 3.87. The summed E-state index contributed by atoms with van der Waals surface area (Å²) in [6.07, 6.45) is 2.44. The predicted molar refractivity (Wildman–Crippen MR) is 45.0 cm³/mol. The van der Waals surface area contributed by atoms with Crippen molar-refractivity contribution >= 4 is 5.82 Å². The van der Waals surface area contributed by atoms with E-state index in [0.29, 0.717) is 6.54 Å². The van der Waals surface area contributed by atoms with Crippen molar-refractivity contribution in [1.82, 2.24) is 9.97 Å². The van der Waals surface area contributed by atoms with Crippen molar-refractivity contribution in [1.29, 1.82) is 0 Å². The molecule has 0 radical (unpaired) electrons. The van der Waals surface area contributed by atoms with Crippen molar-refractivity contribution in [2.24, 2.45) is 0 Å². The minimum Gasteiger partial charge on any atom is -0.392 e. The van der Waals surface area contributed by atoms with E-state index in [2.05, 4.69) is 15.3 Å². The quantitative estimate of drug-likeness (QED) is 0.573. The van der Waals surface area contributed by atoms with E-state index in [4.69, 9.17) is 5.11 Å². The normalized spacial score (nSPS) is 12.5. The van der Waals surface area contributed by atoms with Gasteiger partial charge in [-0.3, -0.25) is 4.79 Å². The zero-order chi connectivity index (χ0) is 8.97. The fraction of sp³-hybridized carbons (Fsp3) is 0.429. The van der Waals surface area contributed by atoms with Crippen LogP contribution < -0.4 is 10.9 Å². The first kappa shape index (κ1) is 8.73. The summed E-state index contributed by atoms with van der Waals surface area (Å²) in [5, 5.41) is 11.6. The SMILES string of the molecule is C[C@H](O)CNc1ncc[nH]c1=O. The van der Waals surface area contributed by atoms with Gasteiger partial charge >= 0.3 is 0 Å². The smallest absolute Gasteiger partial charge is 0.290 e. The Bertz CT molecular complexity index is 295. The summed E-state index contributed by atoms with van der Waals surface area (Å²) in [5.41, 5.74) is -0.279. The highest BCUT2D eigenvalue weighted by Crippen LogP contribution is 1.89. The molecule has 0 aromatic carbocycles. The van der Waals surface area contributed by atoms with Crippen LogP contribution in [0.5, 0.6) is 0 Å². The molecule has 0 spiro atoms. The molecule has 1 atom stereocenters. The number of aromatic amines is 1. The molecule has 5 heteroatoms. The molecule has 0 saturated heterocycles. The van der Waals surface area contributed by atoms with Gasteiger partial charge in [0.2, 0.25) is 0 Å². The van der Waals surface area contributed by atoms with E-state index in [9.17, 15) is 4.79 Å². The van der Waals surface area contributed by atoms with E-state index in [-0.39, 0.29) is 11.4 Å². The van der Waals surface area contributed by atoms with Crippen LogP contribution in [0.15, 0.2) is 17.2 Å².